The van der Waals surface area contributed by atoms with E-state index >= 15 is 0 Å². The predicted molar refractivity (Wildman–Crippen MR) is 156 cm³/mol. The van der Waals surface area contributed by atoms with Gasteiger partial charge in [0, 0.05) is 36.5 Å². The van der Waals surface area contributed by atoms with Gasteiger partial charge in [-0.2, -0.15) is 0 Å². The first-order valence-corrected chi connectivity index (χ1v) is 13.9. The standard InChI is InChI=1S/C29H40N6O7/c1-2-24(36)31-16-6-5-13-23(29(42)35-26(38)18-33-28(41)21(30)11-8-15-27(39)40)34-25(37)14-7-9-19-17-32-22-12-4-3-10-20(19)22/h2-4,10,12,17,21,23,32H,1,5-9,11,13-16,18,30H2,(H,31,36)(H,33,41)(H,34,37)(H,39,40)(H,35,38,42)/t21?,23-/m0/s1. The molecule has 42 heavy (non-hydrogen) atoms. The highest BCUT2D eigenvalue weighted by Gasteiger charge is 2.23. The lowest BCUT2D eigenvalue weighted by Crippen LogP contribution is -2.51. The summed E-state index contributed by atoms with van der Waals surface area (Å²) in [6, 6.07) is 5.87. The molecule has 0 saturated heterocycles. The highest BCUT2D eigenvalue weighted by molar-refractivity contribution is 6.01. The van der Waals surface area contributed by atoms with Crippen molar-refractivity contribution in [2.24, 2.45) is 5.73 Å². The monoisotopic (exact) mass is 584 g/mol. The van der Waals surface area contributed by atoms with Crippen molar-refractivity contribution >= 4 is 46.4 Å². The fourth-order valence-electron chi connectivity index (χ4n) is 4.24. The van der Waals surface area contributed by atoms with Crippen molar-refractivity contribution in [1.29, 1.82) is 0 Å². The number of rotatable bonds is 19. The third kappa shape index (κ3) is 12.3. The highest BCUT2D eigenvalue weighted by Crippen LogP contribution is 2.19. The summed E-state index contributed by atoms with van der Waals surface area (Å²) in [5.74, 6) is -3.82. The minimum Gasteiger partial charge on any atom is -0.481 e. The summed E-state index contributed by atoms with van der Waals surface area (Å²) >= 11 is 0. The van der Waals surface area contributed by atoms with Crippen LogP contribution < -0.4 is 27.0 Å². The Bertz CT molecular complexity index is 1260. The maximum absolute atomic E-state index is 12.9. The van der Waals surface area contributed by atoms with Gasteiger partial charge in [-0.15, -0.1) is 0 Å². The summed E-state index contributed by atoms with van der Waals surface area (Å²) in [5, 5.41) is 19.6. The Hall–Kier alpha value is -4.52. The number of hydrogen-bond donors (Lipinski definition) is 7. The molecule has 1 unspecified atom stereocenters. The van der Waals surface area contributed by atoms with Crippen molar-refractivity contribution in [3.8, 4) is 0 Å². The number of carboxylic acids is 1. The molecule has 2 aromatic rings. The number of nitrogens with two attached hydrogens (primary N) is 1. The molecule has 2 atom stereocenters. The number of carboxylic acid groups (broad SMARTS) is 1. The van der Waals surface area contributed by atoms with Gasteiger partial charge >= 0.3 is 5.97 Å². The number of carbonyl (C=O) groups excluding carboxylic acids is 5. The maximum Gasteiger partial charge on any atom is 0.303 e. The van der Waals surface area contributed by atoms with E-state index in [2.05, 4.69) is 32.8 Å². The number of H-pyrrole nitrogens is 1. The number of aromatic nitrogens is 1. The molecule has 1 aromatic heterocycles. The second kappa shape index (κ2) is 18.0. The van der Waals surface area contributed by atoms with Crippen LogP contribution in [-0.4, -0.2) is 70.8 Å². The average molecular weight is 585 g/mol. The lowest BCUT2D eigenvalue weighted by molar-refractivity contribution is -0.137. The van der Waals surface area contributed by atoms with E-state index in [1.54, 1.807) is 0 Å². The van der Waals surface area contributed by atoms with E-state index in [0.717, 1.165) is 22.5 Å². The molecule has 0 radical (unpaired) electrons. The molecule has 13 nitrogen and oxygen atoms in total. The van der Waals surface area contributed by atoms with Crippen LogP contribution in [0.4, 0.5) is 0 Å². The summed E-state index contributed by atoms with van der Waals surface area (Å²) in [6.45, 7) is 3.22. The summed E-state index contributed by atoms with van der Waals surface area (Å²) in [7, 11) is 0. The molecule has 0 bridgehead atoms. The van der Waals surface area contributed by atoms with Crippen molar-refractivity contribution in [1.82, 2.24) is 26.3 Å². The number of para-hydroxylation sites is 1. The van der Waals surface area contributed by atoms with Gasteiger partial charge in [-0.05, 0) is 62.7 Å². The Morgan fingerprint density at radius 2 is 1.69 bits per heavy atom. The summed E-state index contributed by atoms with van der Waals surface area (Å²) < 4.78 is 0. The Labute approximate surface area is 244 Å². The summed E-state index contributed by atoms with van der Waals surface area (Å²) in [6.07, 6.45) is 5.87. The van der Waals surface area contributed by atoms with Gasteiger partial charge in [0.1, 0.15) is 6.04 Å². The molecule has 0 aliphatic heterocycles. The Morgan fingerprint density at radius 3 is 2.43 bits per heavy atom. The van der Waals surface area contributed by atoms with Gasteiger partial charge in [-0.25, -0.2) is 0 Å². The topological polar surface area (TPSA) is 213 Å². The fraction of sp³-hybridized carbons (Fsp3) is 0.448. The predicted octanol–water partition coefficient (Wildman–Crippen LogP) is 0.789. The average Bonchev–Trinajstić information content (AvgIpc) is 3.37. The first-order valence-electron chi connectivity index (χ1n) is 13.9. The molecule has 0 aliphatic rings. The van der Waals surface area contributed by atoms with Gasteiger partial charge < -0.3 is 31.8 Å². The quantitative estimate of drug-likeness (QED) is 0.0924. The molecule has 5 amide bonds. The minimum absolute atomic E-state index is 0.125. The van der Waals surface area contributed by atoms with E-state index < -0.39 is 42.3 Å². The second-order valence-electron chi connectivity index (χ2n) is 9.85. The van der Waals surface area contributed by atoms with Crippen LogP contribution >= 0.6 is 0 Å². The van der Waals surface area contributed by atoms with Gasteiger partial charge in [0.05, 0.1) is 12.6 Å². The lowest BCUT2D eigenvalue weighted by Gasteiger charge is -2.18. The Kier molecular flexibility index (Phi) is 14.5. The zero-order valence-corrected chi connectivity index (χ0v) is 23.6. The van der Waals surface area contributed by atoms with Crippen molar-refractivity contribution in [2.75, 3.05) is 13.1 Å². The fourth-order valence-corrected chi connectivity index (χ4v) is 4.24. The van der Waals surface area contributed by atoms with Gasteiger partial charge in [0.15, 0.2) is 0 Å². The van der Waals surface area contributed by atoms with Crippen molar-refractivity contribution in [2.45, 2.75) is 69.9 Å². The van der Waals surface area contributed by atoms with E-state index in [1.807, 2.05) is 30.5 Å². The zero-order chi connectivity index (χ0) is 30.9. The van der Waals surface area contributed by atoms with Crippen LogP contribution in [0.25, 0.3) is 10.9 Å². The zero-order valence-electron chi connectivity index (χ0n) is 23.6. The number of amides is 5. The van der Waals surface area contributed by atoms with Crippen LogP contribution in [0.15, 0.2) is 43.1 Å². The van der Waals surface area contributed by atoms with E-state index in [1.165, 1.54) is 0 Å². The van der Waals surface area contributed by atoms with Gasteiger partial charge in [-0.3, -0.25) is 34.1 Å². The number of hydrogen-bond acceptors (Lipinski definition) is 7. The molecule has 0 spiro atoms. The van der Waals surface area contributed by atoms with Gasteiger partial charge in [0.2, 0.25) is 29.5 Å². The SMILES string of the molecule is C=CC(=O)NCCCC[C@H](NC(=O)CCCc1c[nH]c2ccccc12)C(=O)NC(=O)CNC(=O)C(N)CCCC(=O)O. The van der Waals surface area contributed by atoms with Gasteiger partial charge in [0.25, 0.3) is 0 Å². The molecule has 228 valence electrons. The van der Waals surface area contributed by atoms with Gasteiger partial charge in [-0.1, -0.05) is 24.8 Å². The van der Waals surface area contributed by atoms with E-state index in [0.29, 0.717) is 32.2 Å². The first kappa shape index (κ1) is 33.7. The van der Waals surface area contributed by atoms with Crippen LogP contribution in [0.1, 0.15) is 56.9 Å². The lowest BCUT2D eigenvalue weighted by atomic mass is 10.1. The maximum atomic E-state index is 12.9. The third-order valence-electron chi connectivity index (χ3n) is 6.51. The molecule has 0 saturated carbocycles. The van der Waals surface area contributed by atoms with Crippen LogP contribution in [0, 0.1) is 0 Å². The Morgan fingerprint density at radius 1 is 0.929 bits per heavy atom. The first-order chi connectivity index (χ1) is 20.1. The van der Waals surface area contributed by atoms with Crippen LogP contribution in [0.5, 0.6) is 0 Å². The molecule has 2 rings (SSSR count). The normalized spacial score (nSPS) is 12.1. The number of aromatic amines is 1. The second-order valence-corrected chi connectivity index (χ2v) is 9.85. The number of aliphatic carboxylic acids is 1. The van der Waals surface area contributed by atoms with Crippen molar-refractivity contribution in [3.05, 3.63) is 48.7 Å². The molecule has 1 heterocycles. The molecule has 0 aliphatic carbocycles. The molecule has 13 heteroatoms. The number of nitrogens with one attached hydrogen (secondary N) is 5. The number of benzene rings is 1. The minimum atomic E-state index is -1.00. The van der Waals surface area contributed by atoms with Crippen LogP contribution in [0.3, 0.4) is 0 Å². The third-order valence-corrected chi connectivity index (χ3v) is 6.51. The largest absolute Gasteiger partial charge is 0.481 e. The summed E-state index contributed by atoms with van der Waals surface area (Å²) in [4.78, 5) is 75.1. The Balaban J connectivity index is 1.86. The summed E-state index contributed by atoms with van der Waals surface area (Å²) in [5.41, 5.74) is 7.81. The highest BCUT2D eigenvalue weighted by atomic mass is 16.4. The number of imide groups is 1. The van der Waals surface area contributed by atoms with E-state index in [9.17, 15) is 28.8 Å². The molecule has 1 aromatic carbocycles. The van der Waals surface area contributed by atoms with Crippen molar-refractivity contribution < 1.29 is 33.9 Å². The van der Waals surface area contributed by atoms with Crippen molar-refractivity contribution in [3.63, 3.8) is 0 Å². The molecular formula is C29H40N6O7. The molecule has 8 N–H and O–H groups in total. The molecule has 0 fully saturated rings. The smallest absolute Gasteiger partial charge is 0.303 e. The van der Waals surface area contributed by atoms with Crippen LogP contribution in [0.2, 0.25) is 0 Å². The van der Waals surface area contributed by atoms with Crippen LogP contribution in [-0.2, 0) is 35.2 Å². The van der Waals surface area contributed by atoms with E-state index in [-0.39, 0.29) is 43.9 Å². The number of fused-ring (bicyclic) bond motifs is 1. The number of carbonyl (C=O) groups is 6. The molecular weight excluding hydrogens is 544 g/mol. The van der Waals surface area contributed by atoms with E-state index in [4.69, 9.17) is 10.8 Å². The number of unbranched alkanes of at least 4 members (excludes halogenated alkanes) is 1. The number of aryl methyl sites for hydroxylation is 1.